The fourth-order valence-electron chi connectivity index (χ4n) is 3.76. The van der Waals surface area contributed by atoms with Crippen molar-refractivity contribution in [1.29, 1.82) is 0 Å². The highest BCUT2D eigenvalue weighted by atomic mass is 32.2. The molecule has 0 spiro atoms. The summed E-state index contributed by atoms with van der Waals surface area (Å²) in [4.78, 5) is 19.2. The number of carbonyl (C=O) groups is 1. The van der Waals surface area contributed by atoms with Crippen LogP contribution in [0.15, 0.2) is 36.4 Å². The second-order valence-electron chi connectivity index (χ2n) is 9.71. The van der Waals surface area contributed by atoms with Crippen molar-refractivity contribution >= 4 is 41.2 Å². The molecule has 1 aromatic carbocycles. The molecule has 1 aliphatic rings. The molecule has 1 aliphatic heterocycles. The van der Waals surface area contributed by atoms with Crippen LogP contribution in [0.2, 0.25) is 25.2 Å². The van der Waals surface area contributed by atoms with Crippen molar-refractivity contribution in [3.63, 3.8) is 0 Å². The lowest BCUT2D eigenvalue weighted by Gasteiger charge is -2.38. The van der Waals surface area contributed by atoms with E-state index in [-0.39, 0.29) is 22.9 Å². The van der Waals surface area contributed by atoms with Crippen molar-refractivity contribution in [1.82, 2.24) is 4.98 Å². The van der Waals surface area contributed by atoms with E-state index in [0.717, 1.165) is 12.1 Å². The lowest BCUT2D eigenvalue weighted by molar-refractivity contribution is -0.210. The molecule has 1 saturated heterocycles. The monoisotopic (exact) mass is 576 g/mol. The van der Waals surface area contributed by atoms with Crippen molar-refractivity contribution < 1.29 is 41.3 Å². The zero-order valence-corrected chi connectivity index (χ0v) is 22.8. The summed E-state index contributed by atoms with van der Waals surface area (Å²) in [5.41, 5.74) is 0.998. The number of sulfonamides is 1. The van der Waals surface area contributed by atoms with Crippen LogP contribution in [0.5, 0.6) is 5.88 Å². The smallest absolute Gasteiger partial charge is 0.417 e. The summed E-state index contributed by atoms with van der Waals surface area (Å²) in [5, 5.41) is 20.7. The number of nitrogens with one attached hydrogen (secondary N) is 2. The zero-order valence-electron chi connectivity index (χ0n) is 21.0. The number of alkyl halides is 3. The first-order chi connectivity index (χ1) is 17.7. The largest absolute Gasteiger partial charge is 0.474 e. The van der Waals surface area contributed by atoms with Crippen LogP contribution in [-0.2, 0) is 10.0 Å². The molecule has 2 aromatic rings. The molecule has 0 radical (unpaired) electrons. The molecule has 2 heterocycles. The van der Waals surface area contributed by atoms with Crippen LogP contribution in [-0.4, -0.2) is 81.9 Å². The van der Waals surface area contributed by atoms with Gasteiger partial charge in [-0.25, -0.2) is 8.42 Å². The first-order valence-corrected chi connectivity index (χ1v) is 16.9. The van der Waals surface area contributed by atoms with E-state index in [9.17, 15) is 26.4 Å². The Labute approximate surface area is 219 Å². The first kappa shape index (κ1) is 29.7. The van der Waals surface area contributed by atoms with E-state index in [1.54, 1.807) is 6.07 Å². The first-order valence-electron chi connectivity index (χ1n) is 11.9. The SMILES string of the molecule is C[Si]1(C)CCN(c2cc(NS(=O)(=O)CCO)ccc2C(=O)Nc2cccc(OCC(O)C(F)(F)F)n2)CC1. The standard InChI is InChI=1S/C23H31F3N4O6SSi/c1-38(2)12-8-30(9-13-38)18-14-16(29-37(34,35)11-10-31)6-7-17(18)22(33)28-20-4-3-5-21(27-20)36-15-19(32)23(24,25)26/h3-7,14,19,29,31-32H,8-13,15H2,1-2H3,(H,27,28,33). The number of amides is 1. The number of nitrogens with zero attached hydrogens (tertiary/aromatic N) is 2. The third kappa shape index (κ3) is 8.31. The number of aliphatic hydroxyl groups is 2. The summed E-state index contributed by atoms with van der Waals surface area (Å²) >= 11 is 0. The lowest BCUT2D eigenvalue weighted by atomic mass is 10.1. The maximum absolute atomic E-state index is 13.2. The highest BCUT2D eigenvalue weighted by molar-refractivity contribution is 7.92. The molecule has 10 nitrogen and oxygen atoms in total. The molecule has 3 rings (SSSR count). The predicted molar refractivity (Wildman–Crippen MR) is 140 cm³/mol. The average molecular weight is 577 g/mol. The van der Waals surface area contributed by atoms with Gasteiger partial charge in [-0.05, 0) is 36.4 Å². The summed E-state index contributed by atoms with van der Waals surface area (Å²) in [6.45, 7) is 4.35. The van der Waals surface area contributed by atoms with Gasteiger partial charge in [-0.3, -0.25) is 9.52 Å². The Morgan fingerprint density at radius 3 is 2.53 bits per heavy atom. The van der Waals surface area contributed by atoms with Crippen molar-refractivity contribution in [2.45, 2.75) is 37.5 Å². The van der Waals surface area contributed by atoms with Crippen molar-refractivity contribution in [3.05, 3.63) is 42.0 Å². The molecule has 1 amide bonds. The lowest BCUT2D eigenvalue weighted by Crippen LogP contribution is -2.43. The number of hydrogen-bond acceptors (Lipinski definition) is 8. The Balaban J connectivity index is 1.83. The molecule has 4 N–H and O–H groups in total. The number of anilines is 3. The number of ether oxygens (including phenoxy) is 1. The van der Waals surface area contributed by atoms with Crippen LogP contribution in [0.3, 0.4) is 0 Å². The van der Waals surface area contributed by atoms with Gasteiger partial charge in [0, 0.05) is 19.2 Å². The highest BCUT2D eigenvalue weighted by Crippen LogP contribution is 2.32. The van der Waals surface area contributed by atoms with Gasteiger partial charge in [-0.1, -0.05) is 19.2 Å². The van der Waals surface area contributed by atoms with Crippen LogP contribution in [0.1, 0.15) is 10.4 Å². The number of pyridine rings is 1. The van der Waals surface area contributed by atoms with Gasteiger partial charge in [0.05, 0.1) is 37.4 Å². The normalized spacial score (nSPS) is 16.6. The van der Waals surface area contributed by atoms with Crippen LogP contribution in [0, 0.1) is 0 Å². The van der Waals surface area contributed by atoms with Crippen molar-refractivity contribution in [2.75, 3.05) is 47.0 Å². The molecular formula is C23H31F3N4O6SSi. The van der Waals surface area contributed by atoms with Gasteiger partial charge < -0.3 is 25.2 Å². The van der Waals surface area contributed by atoms with E-state index in [2.05, 4.69) is 28.1 Å². The minimum absolute atomic E-state index is 0.0138. The molecule has 1 atom stereocenters. The Kier molecular flexibility index (Phi) is 9.28. The van der Waals surface area contributed by atoms with Crippen LogP contribution in [0.25, 0.3) is 0 Å². The number of aromatic nitrogens is 1. The van der Waals surface area contributed by atoms with E-state index in [0.29, 0.717) is 18.8 Å². The molecule has 1 fully saturated rings. The van der Waals surface area contributed by atoms with E-state index in [1.165, 1.54) is 30.3 Å². The van der Waals surface area contributed by atoms with Gasteiger partial charge in [-0.15, -0.1) is 0 Å². The number of halogens is 3. The van der Waals surface area contributed by atoms with Gasteiger partial charge >= 0.3 is 6.18 Å². The maximum atomic E-state index is 13.2. The number of carbonyl (C=O) groups excluding carboxylic acids is 1. The molecule has 1 aromatic heterocycles. The fraction of sp³-hybridized carbons (Fsp3) is 0.478. The van der Waals surface area contributed by atoms with Crippen molar-refractivity contribution in [2.24, 2.45) is 0 Å². The topological polar surface area (TPSA) is 141 Å². The molecule has 0 bridgehead atoms. The number of rotatable bonds is 10. The predicted octanol–water partition coefficient (Wildman–Crippen LogP) is 2.90. The van der Waals surface area contributed by atoms with Gasteiger partial charge in [0.1, 0.15) is 12.4 Å². The molecule has 0 aliphatic carbocycles. The van der Waals surface area contributed by atoms with Crippen molar-refractivity contribution in [3.8, 4) is 5.88 Å². The van der Waals surface area contributed by atoms with E-state index >= 15 is 0 Å². The maximum Gasteiger partial charge on any atom is 0.417 e. The van der Waals surface area contributed by atoms with E-state index < -0.39 is 55.3 Å². The van der Waals surface area contributed by atoms with Gasteiger partial charge in [0.2, 0.25) is 15.9 Å². The van der Waals surface area contributed by atoms with Crippen LogP contribution < -0.4 is 19.7 Å². The second-order valence-corrected chi connectivity index (χ2v) is 16.9. The average Bonchev–Trinajstić information content (AvgIpc) is 2.81. The summed E-state index contributed by atoms with van der Waals surface area (Å²) in [7, 11) is -5.14. The minimum atomic E-state index is -4.84. The Hall–Kier alpha value is -2.88. The van der Waals surface area contributed by atoms with Crippen LogP contribution >= 0.6 is 0 Å². The summed E-state index contributed by atoms with van der Waals surface area (Å²) in [5.74, 6) is -1.24. The Bertz CT molecular complexity index is 1240. The summed E-state index contributed by atoms with van der Waals surface area (Å²) < 4.78 is 69.2. The van der Waals surface area contributed by atoms with Crippen LogP contribution in [0.4, 0.5) is 30.4 Å². The van der Waals surface area contributed by atoms with E-state index in [1.807, 2.05) is 4.90 Å². The third-order valence-corrected chi connectivity index (χ3v) is 10.5. The molecule has 15 heteroatoms. The second kappa shape index (κ2) is 11.9. The number of aliphatic hydroxyl groups excluding tert-OH is 2. The summed E-state index contributed by atoms with van der Waals surface area (Å²) in [6.07, 6.45) is -7.52. The number of hydrogen-bond donors (Lipinski definition) is 4. The fourth-order valence-corrected chi connectivity index (χ4v) is 6.59. The Morgan fingerprint density at radius 1 is 1.21 bits per heavy atom. The molecule has 210 valence electrons. The third-order valence-electron chi connectivity index (χ3n) is 6.07. The Morgan fingerprint density at radius 2 is 1.89 bits per heavy atom. The quantitative estimate of drug-likeness (QED) is 0.317. The number of benzene rings is 1. The van der Waals surface area contributed by atoms with Gasteiger partial charge in [0.15, 0.2) is 6.10 Å². The van der Waals surface area contributed by atoms with Gasteiger partial charge in [0.25, 0.3) is 5.91 Å². The molecule has 38 heavy (non-hydrogen) atoms. The molecular weight excluding hydrogens is 545 g/mol. The summed E-state index contributed by atoms with van der Waals surface area (Å²) in [6, 6.07) is 10.6. The molecule has 0 saturated carbocycles. The molecule has 1 unspecified atom stereocenters. The zero-order chi connectivity index (χ0) is 28.1. The highest BCUT2D eigenvalue weighted by Gasteiger charge is 2.38. The van der Waals surface area contributed by atoms with Gasteiger partial charge in [-0.2, -0.15) is 18.2 Å². The minimum Gasteiger partial charge on any atom is -0.474 e. The van der Waals surface area contributed by atoms with E-state index in [4.69, 9.17) is 14.9 Å².